The van der Waals surface area contributed by atoms with Gasteiger partial charge in [0.15, 0.2) is 5.65 Å². The molecule has 2 aromatic rings. The highest BCUT2D eigenvalue weighted by molar-refractivity contribution is 5.37. The van der Waals surface area contributed by atoms with Gasteiger partial charge < -0.3 is 5.73 Å². The molecule has 0 spiro atoms. The van der Waals surface area contributed by atoms with Crippen molar-refractivity contribution in [1.82, 2.24) is 14.6 Å². The summed E-state index contributed by atoms with van der Waals surface area (Å²) in [7, 11) is 0. The molecule has 0 saturated carbocycles. The van der Waals surface area contributed by atoms with Crippen LogP contribution < -0.4 is 5.73 Å². The molecule has 0 saturated heterocycles. The first-order valence-corrected chi connectivity index (χ1v) is 4.17. The monoisotopic (exact) mass is 176 g/mol. The Hall–Kier alpha value is -1.42. The maximum atomic E-state index is 5.92. The molecule has 0 bridgehead atoms. The van der Waals surface area contributed by atoms with Crippen molar-refractivity contribution in [1.29, 1.82) is 0 Å². The lowest BCUT2D eigenvalue weighted by atomic mass is 10.0. The van der Waals surface area contributed by atoms with Gasteiger partial charge in [-0.25, -0.2) is 9.50 Å². The summed E-state index contributed by atoms with van der Waals surface area (Å²) in [5.41, 5.74) is 7.23. The number of hydrogen-bond donors (Lipinski definition) is 1. The predicted molar refractivity (Wildman–Crippen MR) is 50.2 cm³/mol. The van der Waals surface area contributed by atoms with Gasteiger partial charge in [-0.1, -0.05) is 0 Å². The lowest BCUT2D eigenvalue weighted by Crippen LogP contribution is -2.30. The number of nitrogens with zero attached hydrogens (tertiary/aromatic N) is 3. The summed E-state index contributed by atoms with van der Waals surface area (Å²) < 4.78 is 1.72. The fraction of sp³-hybridized carbons (Fsp3) is 0.333. The minimum Gasteiger partial charge on any atom is -0.321 e. The van der Waals surface area contributed by atoms with Crippen LogP contribution in [0.2, 0.25) is 0 Å². The van der Waals surface area contributed by atoms with Gasteiger partial charge >= 0.3 is 0 Å². The zero-order valence-corrected chi connectivity index (χ0v) is 7.73. The van der Waals surface area contributed by atoms with E-state index in [-0.39, 0.29) is 0 Å². The molecule has 0 unspecified atom stereocenters. The van der Waals surface area contributed by atoms with Crippen LogP contribution in [0, 0.1) is 0 Å². The smallest absolute Gasteiger partial charge is 0.155 e. The fourth-order valence-corrected chi connectivity index (χ4v) is 1.17. The molecule has 0 aromatic carbocycles. The number of fused-ring (bicyclic) bond motifs is 1. The molecule has 68 valence electrons. The SMILES string of the molecule is CC(C)(N)c1ccn2nccc2n1. The molecule has 4 heteroatoms. The highest BCUT2D eigenvalue weighted by Gasteiger charge is 2.15. The van der Waals surface area contributed by atoms with Crippen molar-refractivity contribution in [3.8, 4) is 0 Å². The molecule has 2 aromatic heterocycles. The highest BCUT2D eigenvalue weighted by atomic mass is 15.2. The molecule has 0 radical (unpaired) electrons. The minimum absolute atomic E-state index is 0.397. The van der Waals surface area contributed by atoms with E-state index in [4.69, 9.17) is 5.73 Å². The van der Waals surface area contributed by atoms with E-state index < -0.39 is 5.54 Å². The van der Waals surface area contributed by atoms with Gasteiger partial charge in [-0.2, -0.15) is 5.10 Å². The molecular formula is C9H12N4. The van der Waals surface area contributed by atoms with Crippen LogP contribution in [-0.2, 0) is 5.54 Å². The van der Waals surface area contributed by atoms with Crippen LogP contribution in [0.25, 0.3) is 5.65 Å². The Labute approximate surface area is 76.4 Å². The lowest BCUT2D eigenvalue weighted by molar-refractivity contribution is 0.535. The van der Waals surface area contributed by atoms with E-state index in [2.05, 4.69) is 10.1 Å². The van der Waals surface area contributed by atoms with Crippen LogP contribution in [0.15, 0.2) is 24.5 Å². The van der Waals surface area contributed by atoms with Crippen molar-refractivity contribution in [2.75, 3.05) is 0 Å². The summed E-state index contributed by atoms with van der Waals surface area (Å²) in [5, 5.41) is 4.06. The molecule has 0 atom stereocenters. The highest BCUT2D eigenvalue weighted by Crippen LogP contribution is 2.14. The van der Waals surface area contributed by atoms with E-state index in [9.17, 15) is 0 Å². The van der Waals surface area contributed by atoms with Gasteiger partial charge in [0.25, 0.3) is 0 Å². The second-order valence-electron chi connectivity index (χ2n) is 3.67. The maximum Gasteiger partial charge on any atom is 0.155 e. The Morgan fingerprint density at radius 2 is 2.15 bits per heavy atom. The van der Waals surface area contributed by atoms with Crippen LogP contribution in [0.4, 0.5) is 0 Å². The third-order valence-corrected chi connectivity index (χ3v) is 1.92. The van der Waals surface area contributed by atoms with Gasteiger partial charge in [0.05, 0.1) is 17.4 Å². The summed E-state index contributed by atoms with van der Waals surface area (Å²) in [6, 6.07) is 3.75. The molecule has 0 aliphatic rings. The first kappa shape index (κ1) is 8.19. The van der Waals surface area contributed by atoms with Gasteiger partial charge in [-0.3, -0.25) is 0 Å². The molecular weight excluding hydrogens is 164 g/mol. The van der Waals surface area contributed by atoms with Crippen molar-refractivity contribution >= 4 is 5.65 Å². The molecule has 0 amide bonds. The summed E-state index contributed by atoms with van der Waals surface area (Å²) in [6.45, 7) is 3.87. The first-order valence-electron chi connectivity index (χ1n) is 4.17. The number of aromatic nitrogens is 3. The van der Waals surface area contributed by atoms with Crippen molar-refractivity contribution < 1.29 is 0 Å². The van der Waals surface area contributed by atoms with E-state index in [0.717, 1.165) is 11.3 Å². The lowest BCUT2D eigenvalue weighted by Gasteiger charge is -2.17. The predicted octanol–water partition coefficient (Wildman–Crippen LogP) is 0.923. The van der Waals surface area contributed by atoms with Crippen LogP contribution in [0.1, 0.15) is 19.5 Å². The summed E-state index contributed by atoms with van der Waals surface area (Å²) in [4.78, 5) is 4.38. The maximum absolute atomic E-state index is 5.92. The van der Waals surface area contributed by atoms with Gasteiger partial charge in [0.2, 0.25) is 0 Å². The molecule has 2 heterocycles. The Morgan fingerprint density at radius 1 is 1.38 bits per heavy atom. The van der Waals surface area contributed by atoms with Crippen LogP contribution >= 0.6 is 0 Å². The third kappa shape index (κ3) is 1.40. The van der Waals surface area contributed by atoms with Gasteiger partial charge in [-0.05, 0) is 19.9 Å². The first-order chi connectivity index (χ1) is 6.07. The zero-order valence-electron chi connectivity index (χ0n) is 7.73. The third-order valence-electron chi connectivity index (χ3n) is 1.92. The van der Waals surface area contributed by atoms with Crippen LogP contribution in [-0.4, -0.2) is 14.6 Å². The molecule has 0 fully saturated rings. The normalized spacial score (nSPS) is 12.2. The number of hydrogen-bond acceptors (Lipinski definition) is 3. The molecule has 4 nitrogen and oxygen atoms in total. The molecule has 0 aliphatic heterocycles. The van der Waals surface area contributed by atoms with E-state index in [1.807, 2.05) is 32.2 Å². The Balaban J connectivity index is 2.61. The van der Waals surface area contributed by atoms with Crippen molar-refractivity contribution in [2.45, 2.75) is 19.4 Å². The number of nitrogens with two attached hydrogens (primary N) is 1. The second kappa shape index (κ2) is 2.53. The molecule has 2 N–H and O–H groups in total. The van der Waals surface area contributed by atoms with E-state index in [1.165, 1.54) is 0 Å². The largest absolute Gasteiger partial charge is 0.321 e. The second-order valence-corrected chi connectivity index (χ2v) is 3.67. The molecule has 13 heavy (non-hydrogen) atoms. The van der Waals surface area contributed by atoms with Crippen LogP contribution in [0.3, 0.4) is 0 Å². The average molecular weight is 176 g/mol. The Kier molecular flexibility index (Phi) is 1.60. The summed E-state index contributed by atoms with van der Waals surface area (Å²) in [6.07, 6.45) is 3.59. The fourth-order valence-electron chi connectivity index (χ4n) is 1.17. The zero-order chi connectivity index (χ0) is 9.47. The topological polar surface area (TPSA) is 56.2 Å². The van der Waals surface area contributed by atoms with Gasteiger partial charge in [0.1, 0.15) is 0 Å². The van der Waals surface area contributed by atoms with Crippen molar-refractivity contribution in [3.05, 3.63) is 30.2 Å². The van der Waals surface area contributed by atoms with Gasteiger partial charge in [-0.15, -0.1) is 0 Å². The van der Waals surface area contributed by atoms with Gasteiger partial charge in [0, 0.05) is 12.3 Å². The molecule has 2 rings (SSSR count). The number of rotatable bonds is 1. The Morgan fingerprint density at radius 3 is 2.85 bits per heavy atom. The van der Waals surface area contributed by atoms with Crippen molar-refractivity contribution in [3.63, 3.8) is 0 Å². The summed E-state index contributed by atoms with van der Waals surface area (Å²) in [5.74, 6) is 0. The quantitative estimate of drug-likeness (QED) is 0.703. The van der Waals surface area contributed by atoms with E-state index in [1.54, 1.807) is 10.7 Å². The molecule has 0 aliphatic carbocycles. The van der Waals surface area contributed by atoms with Crippen molar-refractivity contribution in [2.24, 2.45) is 5.73 Å². The van der Waals surface area contributed by atoms with E-state index >= 15 is 0 Å². The standard InChI is InChI=1S/C9H12N4/c1-9(2,10)7-4-6-13-8(12-7)3-5-11-13/h3-6H,10H2,1-2H3. The summed E-state index contributed by atoms with van der Waals surface area (Å²) >= 11 is 0. The Bertz CT molecular complexity index is 424. The average Bonchev–Trinajstić information content (AvgIpc) is 2.47. The van der Waals surface area contributed by atoms with Crippen LogP contribution in [0.5, 0.6) is 0 Å². The minimum atomic E-state index is -0.397. The van der Waals surface area contributed by atoms with E-state index in [0.29, 0.717) is 0 Å².